The summed E-state index contributed by atoms with van der Waals surface area (Å²) < 4.78 is 5.76. The Morgan fingerprint density at radius 2 is 1.74 bits per heavy atom. The van der Waals surface area contributed by atoms with Gasteiger partial charge >= 0.3 is 0 Å². The number of fused-ring (bicyclic) bond motifs is 1. The molecule has 160 valence electrons. The maximum absolute atomic E-state index is 12.9. The second-order valence-electron chi connectivity index (χ2n) is 8.12. The number of hydrogen-bond acceptors (Lipinski definition) is 5. The van der Waals surface area contributed by atoms with Gasteiger partial charge in [0.2, 0.25) is 0 Å². The van der Waals surface area contributed by atoms with Crippen LogP contribution in [0.4, 0.5) is 10.7 Å². The van der Waals surface area contributed by atoms with E-state index in [-0.39, 0.29) is 11.9 Å². The first-order valence-corrected chi connectivity index (χ1v) is 11.7. The number of piperidine rings is 1. The average Bonchev–Trinajstić information content (AvgIpc) is 3.31. The molecule has 2 aromatic carbocycles. The molecule has 0 radical (unpaired) electrons. The molecule has 6 heteroatoms. The highest BCUT2D eigenvalue weighted by atomic mass is 32.1. The van der Waals surface area contributed by atoms with Crippen molar-refractivity contribution in [3.8, 4) is 5.75 Å². The van der Waals surface area contributed by atoms with E-state index in [4.69, 9.17) is 4.74 Å². The lowest BCUT2D eigenvalue weighted by Gasteiger charge is -2.32. The van der Waals surface area contributed by atoms with Gasteiger partial charge in [0.25, 0.3) is 5.91 Å². The third kappa shape index (κ3) is 4.60. The lowest BCUT2D eigenvalue weighted by molar-refractivity contribution is 0.0913. The van der Waals surface area contributed by atoms with Crippen LogP contribution >= 0.6 is 11.3 Å². The van der Waals surface area contributed by atoms with Gasteiger partial charge in [0.05, 0.1) is 22.1 Å². The van der Waals surface area contributed by atoms with E-state index in [1.54, 1.807) is 11.3 Å². The quantitative estimate of drug-likeness (QED) is 0.635. The Morgan fingerprint density at radius 1 is 0.968 bits per heavy atom. The fraction of sp³-hybridized carbons (Fsp3) is 0.320. The number of rotatable bonds is 5. The van der Waals surface area contributed by atoms with Crippen molar-refractivity contribution in [1.82, 2.24) is 10.2 Å². The Bertz CT molecular complexity index is 1030. The second kappa shape index (κ2) is 9.12. The van der Waals surface area contributed by atoms with E-state index in [2.05, 4.69) is 51.5 Å². The van der Waals surface area contributed by atoms with E-state index in [0.717, 1.165) is 60.3 Å². The molecule has 0 spiro atoms. The maximum Gasteiger partial charge on any atom is 0.261 e. The molecule has 0 aliphatic carbocycles. The standard InChI is InChI=1S/C25H27N3O2S/c29-25(26-20-12-14-27(15-13-20)18-19-6-2-1-3-7-19)23-10-11-24(31-23)28-16-17-30-22-9-5-4-8-21(22)28/h1-11,20H,12-18H2,(H,26,29). The van der Waals surface area contributed by atoms with E-state index in [1.807, 2.05) is 30.3 Å². The van der Waals surface area contributed by atoms with Gasteiger partial charge in [0.1, 0.15) is 12.4 Å². The van der Waals surface area contributed by atoms with Gasteiger partial charge in [0.15, 0.2) is 0 Å². The number of thiophene rings is 1. The highest BCUT2D eigenvalue weighted by molar-refractivity contribution is 7.18. The van der Waals surface area contributed by atoms with Crippen LogP contribution < -0.4 is 15.0 Å². The smallest absolute Gasteiger partial charge is 0.261 e. The first-order valence-electron chi connectivity index (χ1n) is 10.9. The van der Waals surface area contributed by atoms with E-state index < -0.39 is 0 Å². The molecule has 2 aliphatic rings. The zero-order valence-corrected chi connectivity index (χ0v) is 18.3. The normalized spacial score (nSPS) is 17.1. The van der Waals surface area contributed by atoms with Gasteiger partial charge in [-0.15, -0.1) is 11.3 Å². The fourth-order valence-electron chi connectivity index (χ4n) is 4.33. The molecular formula is C25H27N3O2S. The van der Waals surface area contributed by atoms with Crippen LogP contribution in [0.2, 0.25) is 0 Å². The fourth-order valence-corrected chi connectivity index (χ4v) is 5.28. The van der Waals surface area contributed by atoms with Crippen LogP contribution in [0.25, 0.3) is 0 Å². The predicted octanol–water partition coefficient (Wildman–Crippen LogP) is 4.67. The van der Waals surface area contributed by atoms with E-state index in [1.165, 1.54) is 5.56 Å². The van der Waals surface area contributed by atoms with Crippen molar-refractivity contribution < 1.29 is 9.53 Å². The third-order valence-electron chi connectivity index (χ3n) is 5.98. The van der Waals surface area contributed by atoms with Crippen molar-refractivity contribution in [3.05, 3.63) is 77.2 Å². The number of hydrogen-bond donors (Lipinski definition) is 1. The van der Waals surface area contributed by atoms with Crippen LogP contribution in [0, 0.1) is 0 Å². The van der Waals surface area contributed by atoms with E-state index >= 15 is 0 Å². The van der Waals surface area contributed by atoms with E-state index in [9.17, 15) is 4.79 Å². The van der Waals surface area contributed by atoms with Gasteiger partial charge in [-0.05, 0) is 42.7 Å². The number of benzene rings is 2. The van der Waals surface area contributed by atoms with Crippen molar-refractivity contribution in [2.75, 3.05) is 31.1 Å². The zero-order chi connectivity index (χ0) is 21.0. The monoisotopic (exact) mass is 433 g/mol. The summed E-state index contributed by atoms with van der Waals surface area (Å²) in [4.78, 5) is 18.3. The summed E-state index contributed by atoms with van der Waals surface area (Å²) >= 11 is 1.55. The number of anilines is 2. The van der Waals surface area contributed by atoms with Gasteiger partial charge in [-0.2, -0.15) is 0 Å². The predicted molar refractivity (Wildman–Crippen MR) is 125 cm³/mol. The van der Waals surface area contributed by atoms with Crippen LogP contribution in [0.5, 0.6) is 5.75 Å². The Balaban J connectivity index is 1.17. The number of nitrogens with one attached hydrogen (secondary N) is 1. The van der Waals surface area contributed by atoms with Gasteiger partial charge in [-0.1, -0.05) is 42.5 Å². The first-order chi connectivity index (χ1) is 15.3. The van der Waals surface area contributed by atoms with Gasteiger partial charge in [-0.3, -0.25) is 9.69 Å². The molecule has 1 aromatic heterocycles. The number of ether oxygens (including phenoxy) is 1. The number of amides is 1. The third-order valence-corrected chi connectivity index (χ3v) is 7.09. The molecule has 5 rings (SSSR count). The number of para-hydroxylation sites is 2. The molecule has 1 amide bonds. The summed E-state index contributed by atoms with van der Waals surface area (Å²) in [5.41, 5.74) is 2.41. The average molecular weight is 434 g/mol. The molecule has 3 aromatic rings. The van der Waals surface area contributed by atoms with Crippen LogP contribution in [-0.2, 0) is 6.54 Å². The summed E-state index contributed by atoms with van der Waals surface area (Å²) in [5, 5.41) is 4.34. The van der Waals surface area contributed by atoms with Crippen molar-refractivity contribution >= 4 is 27.9 Å². The highest BCUT2D eigenvalue weighted by Crippen LogP contribution is 2.39. The largest absolute Gasteiger partial charge is 0.490 e. The van der Waals surface area contributed by atoms with Crippen LogP contribution in [0.1, 0.15) is 28.1 Å². The maximum atomic E-state index is 12.9. The van der Waals surface area contributed by atoms with Crippen molar-refractivity contribution in [1.29, 1.82) is 0 Å². The van der Waals surface area contributed by atoms with Crippen molar-refractivity contribution in [3.63, 3.8) is 0 Å². The molecule has 1 fully saturated rings. The summed E-state index contributed by atoms with van der Waals surface area (Å²) in [6.45, 7) is 4.45. The summed E-state index contributed by atoms with van der Waals surface area (Å²) in [6, 6.07) is 22.9. The highest BCUT2D eigenvalue weighted by Gasteiger charge is 2.24. The topological polar surface area (TPSA) is 44.8 Å². The van der Waals surface area contributed by atoms with Gasteiger partial charge < -0.3 is 15.0 Å². The van der Waals surface area contributed by atoms with Crippen LogP contribution in [0.15, 0.2) is 66.7 Å². The molecule has 3 heterocycles. The molecule has 1 saturated heterocycles. The summed E-state index contributed by atoms with van der Waals surface area (Å²) in [7, 11) is 0. The Labute approximate surface area is 187 Å². The number of carbonyl (C=O) groups excluding carboxylic acids is 1. The molecule has 0 saturated carbocycles. The number of likely N-dealkylation sites (tertiary alicyclic amines) is 1. The summed E-state index contributed by atoms with van der Waals surface area (Å²) in [5.74, 6) is 0.940. The molecule has 0 unspecified atom stereocenters. The minimum absolute atomic E-state index is 0.0410. The van der Waals surface area contributed by atoms with Crippen LogP contribution in [-0.4, -0.2) is 43.1 Å². The molecule has 5 nitrogen and oxygen atoms in total. The SMILES string of the molecule is O=C(NC1CCN(Cc2ccccc2)CC1)c1ccc(N2CCOc3ccccc32)s1. The molecule has 1 N–H and O–H groups in total. The number of carbonyl (C=O) groups is 1. The Kier molecular flexibility index (Phi) is 5.91. The Morgan fingerprint density at radius 3 is 2.58 bits per heavy atom. The molecular weight excluding hydrogens is 406 g/mol. The zero-order valence-electron chi connectivity index (χ0n) is 17.5. The lowest BCUT2D eigenvalue weighted by atomic mass is 10.0. The summed E-state index contributed by atoms with van der Waals surface area (Å²) in [6.07, 6.45) is 1.99. The molecule has 31 heavy (non-hydrogen) atoms. The lowest BCUT2D eigenvalue weighted by Crippen LogP contribution is -2.44. The number of nitrogens with zero attached hydrogens (tertiary/aromatic N) is 2. The van der Waals surface area contributed by atoms with Gasteiger partial charge in [-0.25, -0.2) is 0 Å². The first kappa shape index (κ1) is 20.1. The van der Waals surface area contributed by atoms with Crippen LogP contribution in [0.3, 0.4) is 0 Å². The minimum Gasteiger partial charge on any atom is -0.490 e. The van der Waals surface area contributed by atoms with Gasteiger partial charge in [0, 0.05) is 25.7 Å². The second-order valence-corrected chi connectivity index (χ2v) is 9.18. The molecule has 0 bridgehead atoms. The van der Waals surface area contributed by atoms with Crippen molar-refractivity contribution in [2.45, 2.75) is 25.4 Å². The molecule has 0 atom stereocenters. The minimum atomic E-state index is 0.0410. The van der Waals surface area contributed by atoms with Crippen molar-refractivity contribution in [2.24, 2.45) is 0 Å². The Hall–Kier alpha value is -2.83. The molecule has 2 aliphatic heterocycles. The van der Waals surface area contributed by atoms with E-state index in [0.29, 0.717) is 6.61 Å².